The maximum atomic E-state index is 10.2. The fourth-order valence-corrected chi connectivity index (χ4v) is 4.47. The van der Waals surface area contributed by atoms with Crippen LogP contribution in [-0.4, -0.2) is 46.1 Å². The number of anilines is 1. The maximum Gasteiger partial charge on any atom is 0.232 e. The van der Waals surface area contributed by atoms with Gasteiger partial charge < -0.3 is 14.4 Å². The first-order chi connectivity index (χ1) is 18.1. The minimum Gasteiger partial charge on any atom is -0.487 e. The van der Waals surface area contributed by atoms with Crippen molar-refractivity contribution < 1.29 is 9.47 Å². The van der Waals surface area contributed by atoms with Gasteiger partial charge in [-0.25, -0.2) is 0 Å². The van der Waals surface area contributed by atoms with E-state index < -0.39 is 0 Å². The summed E-state index contributed by atoms with van der Waals surface area (Å²) in [6, 6.07) is 22.0. The van der Waals surface area contributed by atoms with E-state index in [1.807, 2.05) is 85.2 Å². The molecule has 4 aromatic rings. The zero-order valence-electron chi connectivity index (χ0n) is 21.0. The molecule has 0 aliphatic carbocycles. The fraction of sp³-hybridized carbons (Fsp3) is 0.241. The van der Waals surface area contributed by atoms with Gasteiger partial charge >= 0.3 is 0 Å². The van der Waals surface area contributed by atoms with E-state index in [4.69, 9.17) is 9.47 Å². The quantitative estimate of drug-likeness (QED) is 0.344. The van der Waals surface area contributed by atoms with Crippen LogP contribution in [0.25, 0.3) is 17.3 Å². The number of allylic oxidation sites excluding steroid dienone is 1. The van der Waals surface area contributed by atoms with Gasteiger partial charge in [-0.05, 0) is 73.0 Å². The van der Waals surface area contributed by atoms with Crippen molar-refractivity contribution in [1.29, 1.82) is 5.26 Å². The number of hydrogen-bond acceptors (Lipinski definition) is 7. The van der Waals surface area contributed by atoms with Crippen molar-refractivity contribution in [3.63, 3.8) is 0 Å². The molecule has 1 saturated heterocycles. The lowest BCUT2D eigenvalue weighted by molar-refractivity contribution is 0.122. The van der Waals surface area contributed by atoms with Crippen molar-refractivity contribution in [2.24, 2.45) is 0 Å². The molecule has 1 fully saturated rings. The Morgan fingerprint density at radius 1 is 1.03 bits per heavy atom. The number of aromatic nitrogens is 4. The Balaban J connectivity index is 1.49. The van der Waals surface area contributed by atoms with E-state index in [0.29, 0.717) is 37.2 Å². The van der Waals surface area contributed by atoms with E-state index in [-0.39, 0.29) is 0 Å². The minimum atomic E-state index is 0.394. The molecule has 5 rings (SSSR count). The zero-order valence-corrected chi connectivity index (χ0v) is 21.0. The molecule has 8 heteroatoms. The predicted octanol–water partition coefficient (Wildman–Crippen LogP) is 4.76. The third kappa shape index (κ3) is 5.37. The number of morpholine rings is 1. The molecule has 0 atom stereocenters. The Bertz CT molecular complexity index is 1410. The standard InChI is InChI=1S/C29H28N6O2/c1-21-16-23(17-22(2)27(21)37-20-25-8-6-7-11-31-25)18-24(19-30)28-32-33-29(34-12-14-36-15-13-34)35(28)26-9-4-3-5-10-26/h3-11,16-18H,12-15,20H2,1-2H3/b24-18+. The highest BCUT2D eigenvalue weighted by molar-refractivity contribution is 5.88. The molecule has 1 aliphatic heterocycles. The number of rotatable bonds is 7. The van der Waals surface area contributed by atoms with Gasteiger partial charge in [-0.1, -0.05) is 24.3 Å². The molecule has 0 bridgehead atoms. The molecular weight excluding hydrogens is 464 g/mol. The van der Waals surface area contributed by atoms with Crippen molar-refractivity contribution in [2.45, 2.75) is 20.5 Å². The summed E-state index contributed by atoms with van der Waals surface area (Å²) in [6.07, 6.45) is 3.61. The van der Waals surface area contributed by atoms with E-state index in [2.05, 4.69) is 26.2 Å². The van der Waals surface area contributed by atoms with E-state index >= 15 is 0 Å². The third-order valence-electron chi connectivity index (χ3n) is 6.20. The van der Waals surface area contributed by atoms with Crippen LogP contribution in [0, 0.1) is 25.2 Å². The molecule has 186 valence electrons. The molecule has 8 nitrogen and oxygen atoms in total. The van der Waals surface area contributed by atoms with E-state index in [0.717, 1.165) is 46.9 Å². The monoisotopic (exact) mass is 492 g/mol. The molecule has 0 spiro atoms. The molecule has 0 unspecified atom stereocenters. The first-order valence-electron chi connectivity index (χ1n) is 12.2. The Labute approximate surface area is 216 Å². The number of pyridine rings is 1. The second kappa shape index (κ2) is 11.1. The lowest BCUT2D eigenvalue weighted by Gasteiger charge is -2.28. The zero-order chi connectivity index (χ0) is 25.6. The van der Waals surface area contributed by atoms with Crippen LogP contribution >= 0.6 is 0 Å². The Hall–Kier alpha value is -4.48. The molecule has 0 saturated carbocycles. The summed E-state index contributed by atoms with van der Waals surface area (Å²) in [5.41, 5.74) is 5.06. The average molecular weight is 493 g/mol. The number of hydrogen-bond donors (Lipinski definition) is 0. The highest BCUT2D eigenvalue weighted by Crippen LogP contribution is 2.30. The Morgan fingerprint density at radius 2 is 1.76 bits per heavy atom. The van der Waals surface area contributed by atoms with Gasteiger partial charge in [0.15, 0.2) is 5.82 Å². The van der Waals surface area contributed by atoms with E-state index in [1.165, 1.54) is 0 Å². The maximum absolute atomic E-state index is 10.2. The largest absolute Gasteiger partial charge is 0.487 e. The molecule has 0 amide bonds. The third-order valence-corrected chi connectivity index (χ3v) is 6.20. The summed E-state index contributed by atoms with van der Waals surface area (Å²) in [4.78, 5) is 6.47. The molecule has 0 N–H and O–H groups in total. The minimum absolute atomic E-state index is 0.394. The summed E-state index contributed by atoms with van der Waals surface area (Å²) in [6.45, 7) is 7.10. The molecule has 1 aliphatic rings. The van der Waals surface area contributed by atoms with Crippen LogP contribution < -0.4 is 9.64 Å². The van der Waals surface area contributed by atoms with Gasteiger partial charge in [0, 0.05) is 19.3 Å². The summed E-state index contributed by atoms with van der Waals surface area (Å²) in [5.74, 6) is 2.03. The topological polar surface area (TPSA) is 89.1 Å². The van der Waals surface area contributed by atoms with Crippen LogP contribution in [0.1, 0.15) is 28.2 Å². The lowest BCUT2D eigenvalue weighted by Crippen LogP contribution is -2.38. The number of benzene rings is 2. The van der Waals surface area contributed by atoms with Gasteiger partial charge in [-0.15, -0.1) is 10.2 Å². The van der Waals surface area contributed by atoms with Crippen LogP contribution in [0.2, 0.25) is 0 Å². The Kier molecular flexibility index (Phi) is 7.24. The van der Waals surface area contributed by atoms with Gasteiger partial charge in [0.2, 0.25) is 5.95 Å². The number of aryl methyl sites for hydroxylation is 2. The average Bonchev–Trinajstić information content (AvgIpc) is 3.38. The van der Waals surface area contributed by atoms with Crippen LogP contribution in [0.4, 0.5) is 5.95 Å². The van der Waals surface area contributed by atoms with Gasteiger partial charge in [0.25, 0.3) is 0 Å². The molecule has 3 heterocycles. The normalized spacial score (nSPS) is 13.9. The van der Waals surface area contributed by atoms with Gasteiger partial charge in [-0.3, -0.25) is 9.55 Å². The van der Waals surface area contributed by atoms with Gasteiger partial charge in [0.1, 0.15) is 18.4 Å². The molecular formula is C29H28N6O2. The van der Waals surface area contributed by atoms with Gasteiger partial charge in [0.05, 0.1) is 30.2 Å². The molecule has 2 aromatic carbocycles. The SMILES string of the molecule is Cc1cc(/C=C(\C#N)c2nnc(N3CCOCC3)n2-c2ccccc2)cc(C)c1OCc1ccccn1. The van der Waals surface area contributed by atoms with Crippen molar-refractivity contribution in [1.82, 2.24) is 19.7 Å². The van der Waals surface area contributed by atoms with Crippen molar-refractivity contribution >= 4 is 17.6 Å². The smallest absolute Gasteiger partial charge is 0.232 e. The summed E-state index contributed by atoms with van der Waals surface area (Å²) < 4.78 is 13.5. The molecule has 2 aromatic heterocycles. The first-order valence-corrected chi connectivity index (χ1v) is 12.2. The van der Waals surface area contributed by atoms with Crippen molar-refractivity contribution in [3.05, 3.63) is 95.1 Å². The van der Waals surface area contributed by atoms with Crippen molar-refractivity contribution in [2.75, 3.05) is 31.2 Å². The van der Waals surface area contributed by atoms with Crippen molar-refractivity contribution in [3.8, 4) is 17.5 Å². The lowest BCUT2D eigenvalue weighted by atomic mass is 10.0. The number of nitrogens with zero attached hydrogens (tertiary/aromatic N) is 6. The van der Waals surface area contributed by atoms with Crippen LogP contribution in [0.15, 0.2) is 66.9 Å². The second-order valence-electron chi connectivity index (χ2n) is 8.86. The predicted molar refractivity (Wildman–Crippen MR) is 142 cm³/mol. The summed E-state index contributed by atoms with van der Waals surface area (Å²) in [5, 5.41) is 19.1. The summed E-state index contributed by atoms with van der Waals surface area (Å²) in [7, 11) is 0. The van der Waals surface area contributed by atoms with Crippen LogP contribution in [-0.2, 0) is 11.3 Å². The Morgan fingerprint density at radius 3 is 2.43 bits per heavy atom. The van der Waals surface area contributed by atoms with E-state index in [1.54, 1.807) is 6.20 Å². The van der Waals surface area contributed by atoms with Crippen LogP contribution in [0.3, 0.4) is 0 Å². The highest BCUT2D eigenvalue weighted by atomic mass is 16.5. The number of nitriles is 1. The second-order valence-corrected chi connectivity index (χ2v) is 8.86. The van der Waals surface area contributed by atoms with E-state index in [9.17, 15) is 5.26 Å². The molecule has 0 radical (unpaired) electrons. The number of ether oxygens (including phenoxy) is 2. The van der Waals surface area contributed by atoms with Crippen LogP contribution in [0.5, 0.6) is 5.75 Å². The molecule has 37 heavy (non-hydrogen) atoms. The number of para-hydroxylation sites is 1. The fourth-order valence-electron chi connectivity index (χ4n) is 4.47. The highest BCUT2D eigenvalue weighted by Gasteiger charge is 2.23. The van der Waals surface area contributed by atoms with Gasteiger partial charge in [-0.2, -0.15) is 5.26 Å². The first kappa shape index (κ1) is 24.2. The summed E-state index contributed by atoms with van der Waals surface area (Å²) >= 11 is 0.